The van der Waals surface area contributed by atoms with Gasteiger partial charge in [-0.05, 0) is 53.9 Å². The molecule has 0 fully saturated rings. The number of carbonyl (C=O) groups excluding carboxylic acids is 1. The Morgan fingerprint density at radius 3 is 2.21 bits per heavy atom. The summed E-state index contributed by atoms with van der Waals surface area (Å²) in [6, 6.07) is 16.0. The molecule has 0 unspecified atom stereocenters. The first-order valence-corrected chi connectivity index (χ1v) is 8.95. The van der Waals surface area contributed by atoms with Gasteiger partial charge in [-0.3, -0.25) is 4.48 Å². The molecule has 3 aromatic rings. The number of aromatic nitrogens is 1. The topological polar surface area (TPSA) is 42.1 Å². The molecule has 3 rings (SSSR count). The molecule has 1 heterocycles. The van der Waals surface area contributed by atoms with Gasteiger partial charge < -0.3 is 9.72 Å². The van der Waals surface area contributed by atoms with Crippen LogP contribution < -0.4 is 4.48 Å². The Morgan fingerprint density at radius 2 is 1.64 bits per heavy atom. The number of hydrogen-bond donors (Lipinski definition) is 1. The number of nitrogens with zero attached hydrogens (tertiary/aromatic N) is 1. The summed E-state index contributed by atoms with van der Waals surface area (Å²) >= 11 is 0. The first-order valence-electron chi connectivity index (χ1n) is 8.95. The van der Waals surface area contributed by atoms with E-state index in [1.54, 1.807) is 0 Å². The van der Waals surface area contributed by atoms with Crippen LogP contribution in [0.4, 0.5) is 5.69 Å². The normalized spacial score (nSPS) is 11.1. The Morgan fingerprint density at radius 1 is 1.00 bits per heavy atom. The van der Waals surface area contributed by atoms with E-state index < -0.39 is 0 Å². The molecule has 0 radical (unpaired) electrons. The molecule has 4 nitrogen and oxygen atoms in total. The summed E-state index contributed by atoms with van der Waals surface area (Å²) in [6.45, 7) is 4.60. The van der Waals surface area contributed by atoms with Gasteiger partial charge in [-0.1, -0.05) is 34.8 Å². The van der Waals surface area contributed by atoms with Gasteiger partial charge >= 0.3 is 5.97 Å². The first kappa shape index (κ1) is 23.4. The summed E-state index contributed by atoms with van der Waals surface area (Å²) in [7, 11) is 6.27. The zero-order chi connectivity index (χ0) is 18.9. The third-order valence-electron chi connectivity index (χ3n) is 4.60. The highest BCUT2D eigenvalue weighted by Crippen LogP contribution is 2.23. The fourth-order valence-corrected chi connectivity index (χ4v) is 2.92. The standard InChI is InChI=1S/C22H27N2O2.2CH4/c1-15(2)17-8-11-21-18(12-17)13-19(23-21)14-26-22(25)16-6-9-20(10-7-16)24(3,4)5;;/h6-13,15,23H,14H2,1-5H3;2*1H4/q+1;;. The predicted octanol–water partition coefficient (Wildman–Crippen LogP) is 6.12. The minimum atomic E-state index is -0.306. The number of quaternary nitrogens is 1. The highest BCUT2D eigenvalue weighted by molar-refractivity contribution is 5.89. The van der Waals surface area contributed by atoms with Crippen LogP contribution in [-0.4, -0.2) is 32.1 Å². The SMILES string of the molecule is C.C.CC(C)c1ccc2[nH]c(COC(=O)c3ccc([N+](C)(C)C)cc3)cc2c1. The lowest BCUT2D eigenvalue weighted by Crippen LogP contribution is -2.34. The second-order valence-electron chi connectivity index (χ2n) is 7.93. The van der Waals surface area contributed by atoms with Gasteiger partial charge in [-0.15, -0.1) is 0 Å². The fourth-order valence-electron chi connectivity index (χ4n) is 2.92. The van der Waals surface area contributed by atoms with Crippen LogP contribution in [0.1, 0.15) is 56.2 Å². The van der Waals surface area contributed by atoms with Crippen molar-refractivity contribution in [2.45, 2.75) is 41.2 Å². The highest BCUT2D eigenvalue weighted by atomic mass is 16.5. The van der Waals surface area contributed by atoms with Gasteiger partial charge in [0.15, 0.2) is 0 Å². The molecule has 0 saturated heterocycles. The predicted molar refractivity (Wildman–Crippen MR) is 121 cm³/mol. The molecule has 4 heteroatoms. The number of rotatable bonds is 5. The Balaban J connectivity index is 0.00000196. The van der Waals surface area contributed by atoms with E-state index in [1.165, 1.54) is 5.56 Å². The second kappa shape index (κ2) is 9.07. The molecule has 0 spiro atoms. The molecule has 1 aromatic heterocycles. The molecule has 1 N–H and O–H groups in total. The summed E-state index contributed by atoms with van der Waals surface area (Å²) in [5.41, 5.74) is 4.97. The summed E-state index contributed by atoms with van der Waals surface area (Å²) in [4.78, 5) is 15.6. The number of carbonyl (C=O) groups is 1. The monoisotopic (exact) mass is 383 g/mol. The van der Waals surface area contributed by atoms with Gasteiger partial charge in [0, 0.05) is 10.9 Å². The van der Waals surface area contributed by atoms with Crippen molar-refractivity contribution in [2.75, 3.05) is 21.1 Å². The van der Waals surface area contributed by atoms with Gasteiger partial charge in [0.05, 0.1) is 32.4 Å². The highest BCUT2D eigenvalue weighted by Gasteiger charge is 2.14. The molecule has 0 amide bonds. The number of fused-ring (bicyclic) bond motifs is 1. The zero-order valence-corrected chi connectivity index (χ0v) is 16.2. The Labute approximate surface area is 169 Å². The lowest BCUT2D eigenvalue weighted by molar-refractivity contribution is 0.0468. The van der Waals surface area contributed by atoms with Crippen molar-refractivity contribution >= 4 is 22.6 Å². The minimum absolute atomic E-state index is 0. The molecule has 0 bridgehead atoms. The van der Waals surface area contributed by atoms with Gasteiger partial charge in [-0.25, -0.2) is 4.79 Å². The molecule has 2 aromatic carbocycles. The molecular weight excluding hydrogens is 348 g/mol. The number of H-pyrrole nitrogens is 1. The number of aromatic amines is 1. The summed E-state index contributed by atoms with van der Waals surface area (Å²) in [5.74, 6) is 0.185. The minimum Gasteiger partial charge on any atom is -0.456 e. The smallest absolute Gasteiger partial charge is 0.338 e. The van der Waals surface area contributed by atoms with E-state index in [1.807, 2.05) is 24.3 Å². The van der Waals surface area contributed by atoms with Gasteiger partial charge in [0.1, 0.15) is 12.3 Å². The van der Waals surface area contributed by atoms with Gasteiger partial charge in [0.2, 0.25) is 0 Å². The van der Waals surface area contributed by atoms with Crippen LogP contribution in [0.3, 0.4) is 0 Å². The molecule has 28 heavy (non-hydrogen) atoms. The van der Waals surface area contributed by atoms with Crippen LogP contribution in [0, 0.1) is 0 Å². The van der Waals surface area contributed by atoms with Crippen molar-refractivity contribution in [3.8, 4) is 0 Å². The first-order chi connectivity index (χ1) is 12.2. The molecule has 0 saturated carbocycles. The number of ether oxygens (including phenoxy) is 1. The van der Waals surface area contributed by atoms with Crippen LogP contribution in [0.25, 0.3) is 10.9 Å². The van der Waals surface area contributed by atoms with E-state index in [0.29, 0.717) is 16.0 Å². The van der Waals surface area contributed by atoms with Crippen molar-refractivity contribution in [2.24, 2.45) is 0 Å². The molecule has 0 atom stereocenters. The summed E-state index contributed by atoms with van der Waals surface area (Å²) in [6.07, 6.45) is 0. The molecule has 0 aliphatic rings. The van der Waals surface area contributed by atoms with E-state index in [2.05, 4.69) is 64.2 Å². The number of nitrogens with one attached hydrogen (secondary N) is 1. The lowest BCUT2D eigenvalue weighted by Gasteiger charge is -2.23. The van der Waals surface area contributed by atoms with E-state index in [9.17, 15) is 4.79 Å². The molecule has 152 valence electrons. The van der Waals surface area contributed by atoms with Crippen molar-refractivity contribution in [1.82, 2.24) is 9.47 Å². The van der Waals surface area contributed by atoms with Crippen LogP contribution in [0.15, 0.2) is 48.5 Å². The average molecular weight is 384 g/mol. The van der Waals surface area contributed by atoms with E-state index >= 15 is 0 Å². The average Bonchev–Trinajstić information content (AvgIpc) is 3.01. The summed E-state index contributed by atoms with van der Waals surface area (Å²) in [5, 5.41) is 1.15. The third kappa shape index (κ3) is 5.23. The molecule has 0 aliphatic heterocycles. The third-order valence-corrected chi connectivity index (χ3v) is 4.60. The lowest BCUT2D eigenvalue weighted by atomic mass is 10.0. The van der Waals surface area contributed by atoms with Crippen LogP contribution >= 0.6 is 0 Å². The van der Waals surface area contributed by atoms with Crippen LogP contribution in [-0.2, 0) is 11.3 Å². The van der Waals surface area contributed by atoms with Crippen LogP contribution in [0.5, 0.6) is 0 Å². The van der Waals surface area contributed by atoms with E-state index in [4.69, 9.17) is 4.74 Å². The maximum absolute atomic E-state index is 12.3. The molecular formula is C24H35N2O2+. The fraction of sp³-hybridized carbons (Fsp3) is 0.375. The second-order valence-corrected chi connectivity index (χ2v) is 7.93. The number of esters is 1. The summed E-state index contributed by atoms with van der Waals surface area (Å²) < 4.78 is 6.18. The van der Waals surface area contributed by atoms with Crippen molar-refractivity contribution < 1.29 is 9.53 Å². The zero-order valence-electron chi connectivity index (χ0n) is 16.2. The van der Waals surface area contributed by atoms with Crippen LogP contribution in [0.2, 0.25) is 0 Å². The maximum atomic E-state index is 12.3. The molecule has 0 aliphatic carbocycles. The van der Waals surface area contributed by atoms with E-state index in [0.717, 1.165) is 22.3 Å². The van der Waals surface area contributed by atoms with Gasteiger partial charge in [0.25, 0.3) is 0 Å². The quantitative estimate of drug-likeness (QED) is 0.426. The Kier molecular flexibility index (Phi) is 7.59. The van der Waals surface area contributed by atoms with Gasteiger partial charge in [-0.2, -0.15) is 0 Å². The Hall–Kier alpha value is -2.59. The Bertz CT molecular complexity index is 916. The van der Waals surface area contributed by atoms with E-state index in [-0.39, 0.29) is 27.4 Å². The van der Waals surface area contributed by atoms with Crippen molar-refractivity contribution in [1.29, 1.82) is 0 Å². The van der Waals surface area contributed by atoms with Crippen molar-refractivity contribution in [3.05, 3.63) is 65.4 Å². The largest absolute Gasteiger partial charge is 0.456 e. The number of hydrogen-bond acceptors (Lipinski definition) is 2. The number of benzene rings is 2. The maximum Gasteiger partial charge on any atom is 0.338 e. The van der Waals surface area contributed by atoms with Crippen molar-refractivity contribution in [3.63, 3.8) is 0 Å².